The Morgan fingerprint density at radius 1 is 1.00 bits per heavy atom. The van der Waals surface area contributed by atoms with E-state index in [1.54, 1.807) is 0 Å². The van der Waals surface area contributed by atoms with Gasteiger partial charge in [-0.25, -0.2) is 8.78 Å². The monoisotopic (exact) mass is 359 g/mol. The molecule has 1 unspecified atom stereocenters. The molecule has 2 fully saturated rings. The van der Waals surface area contributed by atoms with Gasteiger partial charge < -0.3 is 4.90 Å². The van der Waals surface area contributed by atoms with Crippen LogP contribution in [-0.2, 0) is 16.6 Å². The van der Waals surface area contributed by atoms with Gasteiger partial charge in [-0.2, -0.15) is 17.0 Å². The van der Waals surface area contributed by atoms with Crippen LogP contribution in [0.3, 0.4) is 0 Å². The van der Waals surface area contributed by atoms with Gasteiger partial charge in [0.2, 0.25) is 0 Å². The maximum atomic E-state index is 13.3. The summed E-state index contributed by atoms with van der Waals surface area (Å²) < 4.78 is 55.1. The molecule has 24 heavy (non-hydrogen) atoms. The molecule has 2 aliphatic heterocycles. The highest BCUT2D eigenvalue weighted by Crippen LogP contribution is 2.25. The van der Waals surface area contributed by atoms with E-state index in [-0.39, 0.29) is 5.92 Å². The van der Waals surface area contributed by atoms with Crippen molar-refractivity contribution in [1.82, 2.24) is 13.5 Å². The first kappa shape index (κ1) is 17.7. The molecule has 0 radical (unpaired) electrons. The number of nitrogens with zero attached hydrogens (tertiary/aromatic N) is 3. The lowest BCUT2D eigenvalue weighted by atomic mass is 9.99. The average Bonchev–Trinajstić information content (AvgIpc) is 2.96. The maximum absolute atomic E-state index is 13.3. The fraction of sp³-hybridized carbons (Fsp3) is 0.625. The smallest absolute Gasteiger partial charge is 0.282 e. The average molecular weight is 359 g/mol. The molecule has 2 saturated heterocycles. The third-order valence-electron chi connectivity index (χ3n) is 4.81. The summed E-state index contributed by atoms with van der Waals surface area (Å²) in [6.07, 6.45) is 1.20. The van der Waals surface area contributed by atoms with Crippen LogP contribution in [0.4, 0.5) is 8.78 Å². The van der Waals surface area contributed by atoms with E-state index in [2.05, 4.69) is 4.90 Å². The Balaban J connectivity index is 1.62. The zero-order chi connectivity index (χ0) is 17.3. The van der Waals surface area contributed by atoms with Gasteiger partial charge in [-0.15, -0.1) is 0 Å². The number of hydrogen-bond acceptors (Lipinski definition) is 3. The molecule has 1 atom stereocenters. The van der Waals surface area contributed by atoms with Gasteiger partial charge in [0, 0.05) is 45.3 Å². The highest BCUT2D eigenvalue weighted by molar-refractivity contribution is 7.86. The summed E-state index contributed by atoms with van der Waals surface area (Å²) in [5, 5.41) is 0. The SMILES string of the molecule is CN1CCN(S(=O)(=O)N2CCC(Cc3cc(F)cc(F)c3)C2)CC1. The molecule has 0 N–H and O–H groups in total. The van der Waals surface area contributed by atoms with Crippen molar-refractivity contribution in [2.24, 2.45) is 5.92 Å². The van der Waals surface area contributed by atoms with Crippen LogP contribution < -0.4 is 0 Å². The van der Waals surface area contributed by atoms with Crippen molar-refractivity contribution < 1.29 is 17.2 Å². The van der Waals surface area contributed by atoms with E-state index in [0.29, 0.717) is 44.6 Å². The van der Waals surface area contributed by atoms with Gasteiger partial charge in [-0.1, -0.05) is 0 Å². The number of halogens is 2. The Hall–Kier alpha value is -1.09. The molecular weight excluding hydrogens is 336 g/mol. The number of likely N-dealkylation sites (N-methyl/N-ethyl adjacent to an activating group) is 1. The Kier molecular flexibility index (Phi) is 5.19. The van der Waals surface area contributed by atoms with E-state index in [9.17, 15) is 17.2 Å². The fourth-order valence-corrected chi connectivity index (χ4v) is 5.10. The first-order valence-electron chi connectivity index (χ1n) is 8.23. The summed E-state index contributed by atoms with van der Waals surface area (Å²) in [5.74, 6) is -1.09. The van der Waals surface area contributed by atoms with Gasteiger partial charge >= 0.3 is 0 Å². The molecule has 0 aliphatic carbocycles. The molecule has 2 heterocycles. The molecule has 134 valence electrons. The number of piperazine rings is 1. The second-order valence-corrected chi connectivity index (χ2v) is 8.63. The van der Waals surface area contributed by atoms with Gasteiger partial charge in [0.1, 0.15) is 11.6 Å². The van der Waals surface area contributed by atoms with E-state index >= 15 is 0 Å². The highest BCUT2D eigenvalue weighted by Gasteiger charge is 2.36. The molecule has 0 amide bonds. The van der Waals surface area contributed by atoms with Crippen LogP contribution in [0.5, 0.6) is 0 Å². The van der Waals surface area contributed by atoms with Crippen molar-refractivity contribution in [3.63, 3.8) is 0 Å². The second kappa shape index (κ2) is 7.03. The van der Waals surface area contributed by atoms with Crippen LogP contribution in [0.25, 0.3) is 0 Å². The zero-order valence-corrected chi connectivity index (χ0v) is 14.6. The number of benzene rings is 1. The lowest BCUT2D eigenvalue weighted by Crippen LogP contribution is -2.51. The lowest BCUT2D eigenvalue weighted by Gasteiger charge is -2.34. The van der Waals surface area contributed by atoms with Crippen molar-refractivity contribution in [2.45, 2.75) is 12.8 Å². The third kappa shape index (κ3) is 3.93. The molecule has 0 spiro atoms. The van der Waals surface area contributed by atoms with Crippen LogP contribution in [-0.4, -0.2) is 68.2 Å². The first-order valence-corrected chi connectivity index (χ1v) is 9.63. The Morgan fingerprint density at radius 2 is 1.62 bits per heavy atom. The minimum absolute atomic E-state index is 0.0911. The van der Waals surface area contributed by atoms with Crippen LogP contribution >= 0.6 is 0 Å². The quantitative estimate of drug-likeness (QED) is 0.815. The molecular formula is C16H23F2N3O2S. The van der Waals surface area contributed by atoms with Gasteiger partial charge in [0.25, 0.3) is 10.2 Å². The van der Waals surface area contributed by atoms with Crippen LogP contribution in [0.2, 0.25) is 0 Å². The van der Waals surface area contributed by atoms with Crippen molar-refractivity contribution in [3.8, 4) is 0 Å². The van der Waals surface area contributed by atoms with Gasteiger partial charge in [0.15, 0.2) is 0 Å². The topological polar surface area (TPSA) is 43.9 Å². The Morgan fingerprint density at radius 3 is 2.25 bits per heavy atom. The van der Waals surface area contributed by atoms with Gasteiger partial charge in [-0.05, 0) is 43.5 Å². The van der Waals surface area contributed by atoms with Crippen molar-refractivity contribution in [3.05, 3.63) is 35.4 Å². The highest BCUT2D eigenvalue weighted by atomic mass is 32.2. The number of rotatable bonds is 4. The Labute approximate surface area is 142 Å². The fourth-order valence-electron chi connectivity index (χ4n) is 3.42. The van der Waals surface area contributed by atoms with Crippen LogP contribution in [0.15, 0.2) is 18.2 Å². The van der Waals surface area contributed by atoms with Crippen LogP contribution in [0, 0.1) is 17.6 Å². The first-order chi connectivity index (χ1) is 11.3. The van der Waals surface area contributed by atoms with Crippen molar-refractivity contribution in [1.29, 1.82) is 0 Å². The van der Waals surface area contributed by atoms with E-state index in [4.69, 9.17) is 0 Å². The van der Waals surface area contributed by atoms with Crippen LogP contribution in [0.1, 0.15) is 12.0 Å². The molecule has 5 nitrogen and oxygen atoms in total. The molecule has 1 aromatic rings. The van der Waals surface area contributed by atoms with Gasteiger partial charge in [0.05, 0.1) is 0 Å². The van der Waals surface area contributed by atoms with E-state index in [1.807, 2.05) is 7.05 Å². The Bertz CT molecular complexity index is 670. The maximum Gasteiger partial charge on any atom is 0.282 e. The minimum atomic E-state index is -3.43. The van der Waals surface area contributed by atoms with Crippen molar-refractivity contribution in [2.75, 3.05) is 46.3 Å². The van der Waals surface area contributed by atoms with Gasteiger partial charge in [-0.3, -0.25) is 0 Å². The normalized spacial score (nSPS) is 24.5. The molecule has 1 aromatic carbocycles. The molecule has 0 saturated carbocycles. The largest absolute Gasteiger partial charge is 0.304 e. The van der Waals surface area contributed by atoms with E-state index in [0.717, 1.165) is 19.2 Å². The molecule has 8 heteroatoms. The predicted molar refractivity (Wildman–Crippen MR) is 87.7 cm³/mol. The summed E-state index contributed by atoms with van der Waals surface area (Å²) in [6.45, 7) is 3.37. The lowest BCUT2D eigenvalue weighted by molar-refractivity contribution is 0.213. The second-order valence-electron chi connectivity index (χ2n) is 6.70. The molecule has 2 aliphatic rings. The summed E-state index contributed by atoms with van der Waals surface area (Å²) in [6, 6.07) is 3.49. The standard InChI is InChI=1S/C16H23F2N3O2S/c1-19-4-6-20(7-5-19)24(22,23)21-3-2-13(12-21)8-14-9-15(17)11-16(18)10-14/h9-11,13H,2-8,12H2,1H3. The molecule has 0 bridgehead atoms. The van der Waals surface area contributed by atoms with E-state index in [1.165, 1.54) is 20.7 Å². The summed E-state index contributed by atoms with van der Waals surface area (Å²) >= 11 is 0. The van der Waals surface area contributed by atoms with Crippen molar-refractivity contribution >= 4 is 10.2 Å². The predicted octanol–water partition coefficient (Wildman–Crippen LogP) is 1.32. The summed E-state index contributed by atoms with van der Waals surface area (Å²) in [7, 11) is -1.45. The third-order valence-corrected chi connectivity index (χ3v) is 6.81. The zero-order valence-electron chi connectivity index (χ0n) is 13.8. The number of hydrogen-bond donors (Lipinski definition) is 0. The minimum Gasteiger partial charge on any atom is -0.304 e. The summed E-state index contributed by atoms with van der Waals surface area (Å²) in [4.78, 5) is 2.11. The van der Waals surface area contributed by atoms with E-state index < -0.39 is 21.8 Å². The summed E-state index contributed by atoms with van der Waals surface area (Å²) in [5.41, 5.74) is 0.580. The molecule has 0 aromatic heterocycles. The molecule has 3 rings (SSSR count).